The summed E-state index contributed by atoms with van der Waals surface area (Å²) >= 11 is 3.93. The number of alkyl halides is 1. The van der Waals surface area contributed by atoms with Crippen molar-refractivity contribution in [1.82, 2.24) is 0 Å². The van der Waals surface area contributed by atoms with Crippen molar-refractivity contribution in [3.05, 3.63) is 16.3 Å². The summed E-state index contributed by atoms with van der Waals surface area (Å²) < 4.78 is 22.7. The van der Waals surface area contributed by atoms with E-state index < -0.39 is 0 Å². The van der Waals surface area contributed by atoms with Crippen molar-refractivity contribution in [3.8, 4) is 5.75 Å². The molecule has 4 nitrogen and oxygen atoms in total. The zero-order valence-electron chi connectivity index (χ0n) is 11.2. The number of aryl methyl sites for hydroxylation is 1. The fraction of sp³-hybridized carbons (Fsp3) is 0.692. The van der Waals surface area contributed by atoms with Crippen molar-refractivity contribution in [2.24, 2.45) is 0 Å². The average Bonchev–Trinajstić information content (AvgIpc) is 2.82. The minimum atomic E-state index is 0.580. The van der Waals surface area contributed by atoms with Crippen LogP contribution in [0.2, 0.25) is 0 Å². The number of ether oxygens (including phenoxy) is 4. The van der Waals surface area contributed by atoms with Gasteiger partial charge in [-0.15, -0.1) is 11.3 Å². The van der Waals surface area contributed by atoms with E-state index in [-0.39, 0.29) is 0 Å². The van der Waals surface area contributed by atoms with E-state index in [0.717, 1.165) is 16.8 Å². The van der Waals surface area contributed by atoms with E-state index in [1.165, 1.54) is 5.56 Å². The first-order chi connectivity index (χ1) is 9.34. The third-order valence-corrected chi connectivity index (χ3v) is 3.54. The summed E-state index contributed by atoms with van der Waals surface area (Å²) in [5.41, 5.74) is 1.18. The van der Waals surface area contributed by atoms with E-state index in [4.69, 9.17) is 18.9 Å². The van der Waals surface area contributed by atoms with Crippen LogP contribution in [0, 0.1) is 6.92 Å². The highest BCUT2D eigenvalue weighted by Crippen LogP contribution is 2.21. The van der Waals surface area contributed by atoms with E-state index in [2.05, 4.69) is 28.0 Å². The lowest BCUT2D eigenvalue weighted by molar-refractivity contribution is 0.0120. The van der Waals surface area contributed by atoms with Crippen LogP contribution in [0.5, 0.6) is 5.75 Å². The second-order valence-electron chi connectivity index (χ2n) is 3.79. The van der Waals surface area contributed by atoms with Gasteiger partial charge in [-0.2, -0.15) is 0 Å². The normalized spacial score (nSPS) is 10.8. The first-order valence-corrected chi connectivity index (χ1v) is 8.76. The summed E-state index contributed by atoms with van der Waals surface area (Å²) in [7, 11) is 0. The van der Waals surface area contributed by atoms with Crippen molar-refractivity contribution < 1.29 is 18.9 Å². The second-order valence-corrected chi connectivity index (χ2v) is 5.62. The molecule has 0 saturated carbocycles. The van der Waals surface area contributed by atoms with Crippen LogP contribution < -0.4 is 4.74 Å². The summed E-state index contributed by atoms with van der Waals surface area (Å²) in [4.78, 5) is 0. The van der Waals surface area contributed by atoms with E-state index in [9.17, 15) is 0 Å². The Kier molecular flexibility index (Phi) is 10.7. The van der Waals surface area contributed by atoms with Crippen LogP contribution in [-0.2, 0) is 14.2 Å². The van der Waals surface area contributed by atoms with Crippen molar-refractivity contribution in [1.29, 1.82) is 0 Å². The molecule has 1 rings (SSSR count). The van der Waals surface area contributed by atoms with Crippen molar-refractivity contribution in [2.45, 2.75) is 6.92 Å². The molecule has 1 heterocycles. The molecule has 0 atom stereocenters. The van der Waals surface area contributed by atoms with Gasteiger partial charge in [0.2, 0.25) is 0 Å². The fourth-order valence-corrected chi connectivity index (χ4v) is 2.38. The van der Waals surface area contributed by atoms with E-state index >= 15 is 0 Å². The van der Waals surface area contributed by atoms with Crippen LogP contribution in [-0.4, -0.2) is 50.7 Å². The molecule has 0 amide bonds. The third kappa shape index (κ3) is 8.80. The molecular formula is C13H21IO4S. The van der Waals surface area contributed by atoms with Gasteiger partial charge in [0.15, 0.2) is 0 Å². The molecule has 0 aliphatic rings. The molecule has 0 spiro atoms. The maximum atomic E-state index is 5.57. The minimum Gasteiger partial charge on any atom is -0.490 e. The summed E-state index contributed by atoms with van der Waals surface area (Å²) in [5, 5.41) is 4.08. The number of hydrogen-bond acceptors (Lipinski definition) is 5. The lowest BCUT2D eigenvalue weighted by Gasteiger charge is -2.07. The van der Waals surface area contributed by atoms with Crippen LogP contribution in [0.4, 0.5) is 0 Å². The zero-order valence-corrected chi connectivity index (χ0v) is 14.2. The van der Waals surface area contributed by atoms with E-state index in [1.807, 2.05) is 12.3 Å². The van der Waals surface area contributed by atoms with Crippen molar-refractivity contribution in [2.75, 3.05) is 50.7 Å². The maximum absolute atomic E-state index is 5.57. The summed E-state index contributed by atoms with van der Waals surface area (Å²) in [6.45, 7) is 6.48. The fourth-order valence-electron chi connectivity index (χ4n) is 1.30. The summed E-state index contributed by atoms with van der Waals surface area (Å²) in [6, 6.07) is 0. The molecule has 0 aromatic carbocycles. The molecule has 6 heteroatoms. The predicted octanol–water partition coefficient (Wildman–Crippen LogP) is 2.92. The van der Waals surface area contributed by atoms with Crippen LogP contribution in [0.3, 0.4) is 0 Å². The van der Waals surface area contributed by atoms with Gasteiger partial charge in [0, 0.05) is 15.4 Å². The Hall–Kier alpha value is 0.110. The molecule has 0 N–H and O–H groups in total. The number of hydrogen-bond donors (Lipinski definition) is 0. The Balaban J connectivity index is 1.80. The largest absolute Gasteiger partial charge is 0.490 e. The highest BCUT2D eigenvalue weighted by atomic mass is 127. The van der Waals surface area contributed by atoms with Gasteiger partial charge >= 0.3 is 0 Å². The molecular weight excluding hydrogens is 379 g/mol. The molecule has 0 bridgehead atoms. The van der Waals surface area contributed by atoms with Gasteiger partial charge in [-0.1, -0.05) is 22.6 Å². The molecule has 110 valence electrons. The Bertz CT molecular complexity index is 319. The lowest BCUT2D eigenvalue weighted by Crippen LogP contribution is -2.13. The predicted molar refractivity (Wildman–Crippen MR) is 85.9 cm³/mol. The van der Waals surface area contributed by atoms with Gasteiger partial charge in [0.25, 0.3) is 0 Å². The Morgan fingerprint density at radius 3 is 2.00 bits per heavy atom. The zero-order chi connectivity index (χ0) is 13.8. The van der Waals surface area contributed by atoms with Crippen LogP contribution in [0.15, 0.2) is 10.8 Å². The SMILES string of the molecule is Cc1cscc1OCCOCCOCCOCCI. The topological polar surface area (TPSA) is 36.9 Å². The maximum Gasteiger partial charge on any atom is 0.132 e. The van der Waals surface area contributed by atoms with E-state index in [0.29, 0.717) is 39.6 Å². The molecule has 0 radical (unpaired) electrons. The van der Waals surface area contributed by atoms with Gasteiger partial charge in [0.1, 0.15) is 12.4 Å². The lowest BCUT2D eigenvalue weighted by atomic mass is 10.4. The molecule has 0 saturated heterocycles. The highest BCUT2D eigenvalue weighted by molar-refractivity contribution is 14.1. The molecule has 19 heavy (non-hydrogen) atoms. The van der Waals surface area contributed by atoms with Gasteiger partial charge in [-0.3, -0.25) is 0 Å². The first kappa shape index (κ1) is 17.2. The molecule has 1 aromatic heterocycles. The molecule has 1 aromatic rings. The molecule has 0 aliphatic carbocycles. The molecule has 0 fully saturated rings. The van der Waals surface area contributed by atoms with E-state index in [1.54, 1.807) is 11.3 Å². The minimum absolute atomic E-state index is 0.580. The standard InChI is InChI=1S/C13H21IO4S/c1-12-10-19-11-13(12)18-9-8-17-7-6-16-5-4-15-3-2-14/h10-11H,2-9H2,1H3. The quantitative estimate of drug-likeness (QED) is 0.307. The molecule has 0 aliphatic heterocycles. The van der Waals surface area contributed by atoms with Crippen LogP contribution >= 0.6 is 33.9 Å². The Labute approximate surface area is 132 Å². The van der Waals surface area contributed by atoms with Gasteiger partial charge in [0.05, 0.1) is 39.6 Å². The van der Waals surface area contributed by atoms with Gasteiger partial charge < -0.3 is 18.9 Å². The summed E-state index contributed by atoms with van der Waals surface area (Å²) in [5.74, 6) is 0.956. The number of rotatable bonds is 12. The third-order valence-electron chi connectivity index (χ3n) is 2.26. The second kappa shape index (κ2) is 11.9. The smallest absolute Gasteiger partial charge is 0.132 e. The first-order valence-electron chi connectivity index (χ1n) is 6.29. The molecule has 0 unspecified atom stereocenters. The number of thiophene rings is 1. The van der Waals surface area contributed by atoms with Gasteiger partial charge in [-0.25, -0.2) is 0 Å². The van der Waals surface area contributed by atoms with Crippen LogP contribution in [0.25, 0.3) is 0 Å². The monoisotopic (exact) mass is 400 g/mol. The van der Waals surface area contributed by atoms with Crippen LogP contribution in [0.1, 0.15) is 5.56 Å². The Morgan fingerprint density at radius 1 is 0.895 bits per heavy atom. The number of halogens is 1. The van der Waals surface area contributed by atoms with Crippen molar-refractivity contribution in [3.63, 3.8) is 0 Å². The highest BCUT2D eigenvalue weighted by Gasteiger charge is 1.99. The Morgan fingerprint density at radius 2 is 1.47 bits per heavy atom. The van der Waals surface area contributed by atoms with Gasteiger partial charge in [-0.05, 0) is 12.3 Å². The summed E-state index contributed by atoms with van der Waals surface area (Å²) in [6.07, 6.45) is 0. The average molecular weight is 400 g/mol. The van der Waals surface area contributed by atoms with Crippen molar-refractivity contribution >= 4 is 33.9 Å².